The van der Waals surface area contributed by atoms with Crippen LogP contribution >= 0.6 is 0 Å². The Morgan fingerprint density at radius 2 is 1.59 bits per heavy atom. The maximum Gasteiger partial charge on any atom is 0.341 e. The summed E-state index contributed by atoms with van der Waals surface area (Å²) in [6.45, 7) is 0. The Morgan fingerprint density at radius 3 is 2.22 bits per heavy atom. The fourth-order valence-electron chi connectivity index (χ4n) is 3.57. The highest BCUT2D eigenvalue weighted by Gasteiger charge is 2.25. The summed E-state index contributed by atoms with van der Waals surface area (Å²) in [5.41, 5.74) is 3.28. The molecule has 0 radical (unpaired) electrons. The number of carbonyl (C=O) groups is 1. The van der Waals surface area contributed by atoms with Crippen LogP contribution in [-0.2, 0) is 17.6 Å². The van der Waals surface area contributed by atoms with Crippen LogP contribution in [0.4, 0.5) is 0 Å². The van der Waals surface area contributed by atoms with E-state index < -0.39 is 5.97 Å². The Labute approximate surface area is 157 Å². The van der Waals surface area contributed by atoms with E-state index in [-0.39, 0.29) is 11.0 Å². The number of rotatable bonds is 4. The molecule has 1 aliphatic rings. The van der Waals surface area contributed by atoms with Crippen molar-refractivity contribution >= 4 is 5.97 Å². The third-order valence-electron chi connectivity index (χ3n) is 4.81. The molecule has 3 rings (SSSR count). The number of hydrogen-bond donors (Lipinski definition) is 0. The zero-order valence-electron chi connectivity index (χ0n) is 15.9. The van der Waals surface area contributed by atoms with Crippen molar-refractivity contribution < 1.29 is 23.7 Å². The minimum absolute atomic E-state index is 0.0293. The van der Waals surface area contributed by atoms with E-state index in [1.807, 2.05) is 6.07 Å². The second kappa shape index (κ2) is 7.70. The largest absolute Gasteiger partial charge is 0.493 e. The first-order valence-electron chi connectivity index (χ1n) is 8.63. The van der Waals surface area contributed by atoms with Gasteiger partial charge in [-0.1, -0.05) is 6.07 Å². The van der Waals surface area contributed by atoms with Gasteiger partial charge in [0.1, 0.15) is 5.56 Å². The molecule has 0 fully saturated rings. The summed E-state index contributed by atoms with van der Waals surface area (Å²) >= 11 is 0. The van der Waals surface area contributed by atoms with Crippen molar-refractivity contribution in [1.82, 2.24) is 0 Å². The van der Waals surface area contributed by atoms with Crippen molar-refractivity contribution in [2.24, 2.45) is 0 Å². The first-order valence-corrected chi connectivity index (χ1v) is 8.63. The predicted molar refractivity (Wildman–Crippen MR) is 101 cm³/mol. The van der Waals surface area contributed by atoms with E-state index in [0.29, 0.717) is 17.2 Å². The number of aryl methyl sites for hydroxylation is 2. The summed E-state index contributed by atoms with van der Waals surface area (Å²) in [6, 6.07) is 6.71. The molecule has 0 atom stereocenters. The molecule has 0 unspecified atom stereocenters. The van der Waals surface area contributed by atoms with E-state index in [9.17, 15) is 9.59 Å². The van der Waals surface area contributed by atoms with Crippen molar-refractivity contribution in [2.45, 2.75) is 19.3 Å². The zero-order valence-corrected chi connectivity index (χ0v) is 15.9. The summed E-state index contributed by atoms with van der Waals surface area (Å²) in [6.07, 6.45) is 2.38. The molecule has 27 heavy (non-hydrogen) atoms. The quantitative estimate of drug-likeness (QED) is 0.771. The van der Waals surface area contributed by atoms with E-state index in [0.717, 1.165) is 41.5 Å². The van der Waals surface area contributed by atoms with Crippen LogP contribution in [-0.4, -0.2) is 34.4 Å². The van der Waals surface area contributed by atoms with Crippen LogP contribution in [0, 0.1) is 0 Å². The van der Waals surface area contributed by atoms with Gasteiger partial charge in [-0.05, 0) is 54.2 Å². The number of fused-ring (bicyclic) bond motifs is 3. The molecule has 1 aliphatic carbocycles. The maximum atomic E-state index is 12.4. The summed E-state index contributed by atoms with van der Waals surface area (Å²) in [4.78, 5) is 24.4. The first-order chi connectivity index (χ1) is 13.0. The average Bonchev–Trinajstić information content (AvgIpc) is 2.96. The molecule has 6 nitrogen and oxygen atoms in total. The van der Waals surface area contributed by atoms with Crippen molar-refractivity contribution in [3.8, 4) is 28.4 Å². The van der Waals surface area contributed by atoms with Gasteiger partial charge in [-0.15, -0.1) is 0 Å². The van der Waals surface area contributed by atoms with Crippen molar-refractivity contribution in [3.63, 3.8) is 0 Å². The van der Waals surface area contributed by atoms with E-state index >= 15 is 0 Å². The fourth-order valence-corrected chi connectivity index (χ4v) is 3.57. The minimum atomic E-state index is -0.637. The number of benzene rings is 1. The second-order valence-corrected chi connectivity index (χ2v) is 6.22. The van der Waals surface area contributed by atoms with Crippen LogP contribution in [0.15, 0.2) is 29.1 Å². The van der Waals surface area contributed by atoms with Gasteiger partial charge in [-0.3, -0.25) is 4.79 Å². The fraction of sp³-hybridized carbons (Fsp3) is 0.333. The zero-order chi connectivity index (χ0) is 19.6. The topological polar surface area (TPSA) is 71.1 Å². The standard InChI is InChI=1S/C21H22O6/c1-24-17-11-13-7-5-6-12-10-15(21(23)27-4)16(22)9-8-14(12)18(13)20(26-3)19(17)25-2/h8-11H,5-7H2,1-4H3. The highest BCUT2D eigenvalue weighted by molar-refractivity contribution is 5.90. The van der Waals surface area contributed by atoms with Crippen LogP contribution in [0.2, 0.25) is 0 Å². The van der Waals surface area contributed by atoms with Gasteiger partial charge in [0, 0.05) is 5.56 Å². The minimum Gasteiger partial charge on any atom is -0.493 e. The highest BCUT2D eigenvalue weighted by Crippen LogP contribution is 2.48. The Kier molecular flexibility index (Phi) is 5.35. The van der Waals surface area contributed by atoms with Crippen LogP contribution in [0.25, 0.3) is 11.1 Å². The molecule has 0 aliphatic heterocycles. The molecule has 142 valence electrons. The molecule has 0 N–H and O–H groups in total. The van der Waals surface area contributed by atoms with Crippen LogP contribution < -0.4 is 19.6 Å². The molecular weight excluding hydrogens is 348 g/mol. The van der Waals surface area contributed by atoms with Crippen molar-refractivity contribution in [2.75, 3.05) is 28.4 Å². The van der Waals surface area contributed by atoms with E-state index in [1.165, 1.54) is 13.2 Å². The summed E-state index contributed by atoms with van der Waals surface area (Å²) in [7, 11) is 5.98. The lowest BCUT2D eigenvalue weighted by Gasteiger charge is -2.19. The SMILES string of the molecule is COC(=O)c1cc2c(ccc1=O)-c1c(cc(OC)c(OC)c1OC)CCC2. The Balaban J connectivity index is 2.38. The maximum absolute atomic E-state index is 12.4. The van der Waals surface area contributed by atoms with Gasteiger partial charge in [0.25, 0.3) is 0 Å². The molecule has 0 bridgehead atoms. The number of esters is 1. The smallest absolute Gasteiger partial charge is 0.341 e. The third kappa shape index (κ3) is 3.23. The van der Waals surface area contributed by atoms with Crippen LogP contribution in [0.1, 0.15) is 27.9 Å². The van der Waals surface area contributed by atoms with E-state index in [4.69, 9.17) is 18.9 Å². The van der Waals surface area contributed by atoms with Crippen LogP contribution in [0.3, 0.4) is 0 Å². The van der Waals surface area contributed by atoms with Gasteiger partial charge < -0.3 is 18.9 Å². The van der Waals surface area contributed by atoms with Crippen molar-refractivity contribution in [3.05, 3.63) is 51.2 Å². The van der Waals surface area contributed by atoms with E-state index in [1.54, 1.807) is 33.5 Å². The number of carbonyl (C=O) groups excluding carboxylic acids is 1. The first kappa shape index (κ1) is 18.8. The molecular formula is C21H22O6. The average molecular weight is 370 g/mol. The molecule has 0 saturated carbocycles. The van der Waals surface area contributed by atoms with E-state index in [2.05, 4.69) is 0 Å². The lowest BCUT2D eigenvalue weighted by Crippen LogP contribution is -2.13. The summed E-state index contributed by atoms with van der Waals surface area (Å²) < 4.78 is 21.4. The lowest BCUT2D eigenvalue weighted by atomic mass is 9.96. The third-order valence-corrected chi connectivity index (χ3v) is 4.81. The van der Waals surface area contributed by atoms with Crippen LogP contribution in [0.5, 0.6) is 17.2 Å². The molecule has 2 aromatic carbocycles. The van der Waals surface area contributed by atoms with Crippen molar-refractivity contribution in [1.29, 1.82) is 0 Å². The van der Waals surface area contributed by atoms with Gasteiger partial charge in [-0.2, -0.15) is 0 Å². The predicted octanol–water partition coefficient (Wildman–Crippen LogP) is 3.01. The number of hydrogen-bond acceptors (Lipinski definition) is 6. The number of ether oxygens (including phenoxy) is 4. The Hall–Kier alpha value is -3.02. The van der Waals surface area contributed by atoms with Gasteiger partial charge in [0.15, 0.2) is 16.9 Å². The monoisotopic (exact) mass is 370 g/mol. The summed E-state index contributed by atoms with van der Waals surface area (Å²) in [5, 5.41) is 0. The number of methoxy groups -OCH3 is 4. The lowest BCUT2D eigenvalue weighted by molar-refractivity contribution is 0.0599. The van der Waals surface area contributed by atoms with Gasteiger partial charge >= 0.3 is 5.97 Å². The molecule has 6 heteroatoms. The summed E-state index contributed by atoms with van der Waals surface area (Å²) in [5.74, 6) is 1.00. The normalized spacial score (nSPS) is 12.3. The Bertz CT molecular complexity index is 948. The molecule has 0 spiro atoms. The molecule has 0 heterocycles. The highest BCUT2D eigenvalue weighted by atomic mass is 16.5. The molecule has 0 aromatic heterocycles. The second-order valence-electron chi connectivity index (χ2n) is 6.22. The molecule has 0 amide bonds. The molecule has 0 saturated heterocycles. The van der Waals surface area contributed by atoms with Gasteiger partial charge in [0.2, 0.25) is 5.75 Å². The molecule has 2 aromatic rings. The van der Waals surface area contributed by atoms with Gasteiger partial charge in [-0.25, -0.2) is 4.79 Å². The Morgan fingerprint density at radius 1 is 0.889 bits per heavy atom. The van der Waals surface area contributed by atoms with Gasteiger partial charge in [0.05, 0.1) is 28.4 Å².